The predicted octanol–water partition coefficient (Wildman–Crippen LogP) is 0.343. The van der Waals surface area contributed by atoms with Crippen LogP contribution in [0.3, 0.4) is 0 Å². The lowest BCUT2D eigenvalue weighted by Crippen LogP contribution is -2.07. The van der Waals surface area contributed by atoms with E-state index in [-0.39, 0.29) is 6.10 Å². The highest BCUT2D eigenvalue weighted by molar-refractivity contribution is 4.98. The van der Waals surface area contributed by atoms with Gasteiger partial charge in [0.2, 0.25) is 0 Å². The molecule has 0 saturated carbocycles. The molecule has 0 fully saturated rings. The van der Waals surface area contributed by atoms with Gasteiger partial charge in [-0.2, -0.15) is 0 Å². The summed E-state index contributed by atoms with van der Waals surface area (Å²) in [4.78, 5) is 3.93. The minimum atomic E-state index is -0.282. The second-order valence-corrected chi connectivity index (χ2v) is 2.55. The minimum Gasteiger partial charge on any atom is -0.393 e. The predicted molar refractivity (Wildman–Crippen MR) is 38.6 cm³/mol. The van der Waals surface area contributed by atoms with Crippen molar-refractivity contribution in [2.45, 2.75) is 19.4 Å². The molecule has 3 nitrogen and oxygen atoms in total. The number of hydrogen-bond acceptors (Lipinski definition) is 2. The molecule has 0 radical (unpaired) electrons. The number of rotatable bonds is 2. The quantitative estimate of drug-likeness (QED) is 0.643. The Morgan fingerprint density at radius 1 is 1.80 bits per heavy atom. The standard InChI is InChI=1S/C7H12N2O/c1-6(10)3-7-4-8-5-9(7)2/h4-6,10H,3H2,1-2H3/t6-/m1/s1. The van der Waals surface area contributed by atoms with Gasteiger partial charge in [-0.05, 0) is 6.92 Å². The fourth-order valence-corrected chi connectivity index (χ4v) is 0.884. The molecule has 1 N–H and O–H groups in total. The molecule has 0 amide bonds. The molecule has 10 heavy (non-hydrogen) atoms. The van der Waals surface area contributed by atoms with Gasteiger partial charge in [-0.1, -0.05) is 0 Å². The van der Waals surface area contributed by atoms with Crippen molar-refractivity contribution in [1.82, 2.24) is 9.55 Å². The van der Waals surface area contributed by atoms with Crippen LogP contribution in [-0.2, 0) is 13.5 Å². The highest BCUT2D eigenvalue weighted by Gasteiger charge is 2.01. The fraction of sp³-hybridized carbons (Fsp3) is 0.571. The van der Waals surface area contributed by atoms with Crippen LogP contribution in [0.4, 0.5) is 0 Å². The van der Waals surface area contributed by atoms with Crippen LogP contribution in [0.2, 0.25) is 0 Å². The number of aliphatic hydroxyl groups excluding tert-OH is 1. The zero-order chi connectivity index (χ0) is 7.56. The zero-order valence-electron chi connectivity index (χ0n) is 6.28. The number of aromatic nitrogens is 2. The minimum absolute atomic E-state index is 0.282. The Hall–Kier alpha value is -0.830. The van der Waals surface area contributed by atoms with Crippen molar-refractivity contribution in [2.75, 3.05) is 0 Å². The van der Waals surface area contributed by atoms with E-state index >= 15 is 0 Å². The summed E-state index contributed by atoms with van der Waals surface area (Å²) in [6.07, 6.45) is 3.90. The topological polar surface area (TPSA) is 38.1 Å². The lowest BCUT2D eigenvalue weighted by molar-refractivity contribution is 0.193. The zero-order valence-corrected chi connectivity index (χ0v) is 6.28. The van der Waals surface area contributed by atoms with Gasteiger partial charge < -0.3 is 9.67 Å². The molecule has 1 aromatic heterocycles. The Balaban J connectivity index is 2.65. The summed E-state index contributed by atoms with van der Waals surface area (Å²) in [6.45, 7) is 1.77. The second kappa shape index (κ2) is 2.84. The van der Waals surface area contributed by atoms with Crippen LogP contribution in [0.15, 0.2) is 12.5 Å². The summed E-state index contributed by atoms with van der Waals surface area (Å²) < 4.78 is 1.91. The maximum atomic E-state index is 9.01. The first-order valence-electron chi connectivity index (χ1n) is 3.33. The van der Waals surface area contributed by atoms with E-state index in [0.29, 0.717) is 6.42 Å². The van der Waals surface area contributed by atoms with Crippen LogP contribution in [-0.4, -0.2) is 20.8 Å². The molecule has 0 bridgehead atoms. The van der Waals surface area contributed by atoms with Gasteiger partial charge in [0.15, 0.2) is 0 Å². The SMILES string of the molecule is C[C@@H](O)Cc1cncn1C. The van der Waals surface area contributed by atoms with Gasteiger partial charge in [0.1, 0.15) is 0 Å². The highest BCUT2D eigenvalue weighted by atomic mass is 16.3. The van der Waals surface area contributed by atoms with Gasteiger partial charge >= 0.3 is 0 Å². The normalized spacial score (nSPS) is 13.5. The molecular formula is C7H12N2O. The van der Waals surface area contributed by atoms with Crippen LogP contribution in [0.5, 0.6) is 0 Å². The number of aryl methyl sites for hydroxylation is 1. The third-order valence-corrected chi connectivity index (χ3v) is 1.42. The van der Waals surface area contributed by atoms with Crippen LogP contribution >= 0.6 is 0 Å². The smallest absolute Gasteiger partial charge is 0.0945 e. The second-order valence-electron chi connectivity index (χ2n) is 2.55. The van der Waals surface area contributed by atoms with E-state index in [1.165, 1.54) is 0 Å². The van der Waals surface area contributed by atoms with E-state index in [0.717, 1.165) is 5.69 Å². The molecule has 1 aromatic rings. The first-order chi connectivity index (χ1) is 4.70. The molecule has 1 heterocycles. The van der Waals surface area contributed by atoms with Crippen molar-refractivity contribution in [3.63, 3.8) is 0 Å². The number of nitrogens with zero attached hydrogens (tertiary/aromatic N) is 2. The summed E-state index contributed by atoms with van der Waals surface area (Å²) in [5.41, 5.74) is 1.06. The summed E-state index contributed by atoms with van der Waals surface area (Å²) in [6, 6.07) is 0. The van der Waals surface area contributed by atoms with Gasteiger partial charge in [-0.25, -0.2) is 4.98 Å². The van der Waals surface area contributed by atoms with E-state index in [9.17, 15) is 0 Å². The average Bonchev–Trinajstić information content (AvgIpc) is 2.15. The van der Waals surface area contributed by atoms with Crippen molar-refractivity contribution in [3.05, 3.63) is 18.2 Å². The number of hydrogen-bond donors (Lipinski definition) is 1. The summed E-state index contributed by atoms with van der Waals surface area (Å²) >= 11 is 0. The third-order valence-electron chi connectivity index (χ3n) is 1.42. The third kappa shape index (κ3) is 1.57. The van der Waals surface area contributed by atoms with Crippen molar-refractivity contribution in [2.24, 2.45) is 7.05 Å². The van der Waals surface area contributed by atoms with Crippen molar-refractivity contribution >= 4 is 0 Å². The van der Waals surface area contributed by atoms with Crippen molar-refractivity contribution < 1.29 is 5.11 Å². The Kier molecular flexibility index (Phi) is 2.06. The van der Waals surface area contributed by atoms with Gasteiger partial charge in [0, 0.05) is 25.4 Å². The van der Waals surface area contributed by atoms with Gasteiger partial charge in [0.25, 0.3) is 0 Å². The van der Waals surface area contributed by atoms with E-state index in [1.807, 2.05) is 11.6 Å². The molecule has 3 heteroatoms. The van der Waals surface area contributed by atoms with Gasteiger partial charge in [0.05, 0.1) is 12.4 Å². The Morgan fingerprint density at radius 3 is 2.90 bits per heavy atom. The maximum Gasteiger partial charge on any atom is 0.0945 e. The van der Waals surface area contributed by atoms with Crippen LogP contribution in [0.1, 0.15) is 12.6 Å². The van der Waals surface area contributed by atoms with Crippen LogP contribution < -0.4 is 0 Å². The maximum absolute atomic E-state index is 9.01. The van der Waals surface area contributed by atoms with Gasteiger partial charge in [-0.15, -0.1) is 0 Å². The largest absolute Gasteiger partial charge is 0.393 e. The summed E-state index contributed by atoms with van der Waals surface area (Å²) in [5.74, 6) is 0. The first kappa shape index (κ1) is 7.28. The Bertz CT molecular complexity index is 205. The van der Waals surface area contributed by atoms with Crippen molar-refractivity contribution in [3.8, 4) is 0 Å². The molecule has 1 rings (SSSR count). The monoisotopic (exact) mass is 140 g/mol. The molecule has 0 aromatic carbocycles. The summed E-state index contributed by atoms with van der Waals surface area (Å²) in [7, 11) is 1.92. The van der Waals surface area contributed by atoms with E-state index in [1.54, 1.807) is 19.4 Å². The Morgan fingerprint density at radius 2 is 2.50 bits per heavy atom. The molecule has 0 aliphatic rings. The molecule has 0 aliphatic heterocycles. The van der Waals surface area contributed by atoms with Crippen molar-refractivity contribution in [1.29, 1.82) is 0 Å². The molecule has 0 aliphatic carbocycles. The molecule has 56 valence electrons. The summed E-state index contributed by atoms with van der Waals surface area (Å²) in [5, 5.41) is 9.01. The van der Waals surface area contributed by atoms with E-state index in [2.05, 4.69) is 4.98 Å². The van der Waals surface area contributed by atoms with Crippen LogP contribution in [0.25, 0.3) is 0 Å². The Labute approximate surface area is 60.3 Å². The lowest BCUT2D eigenvalue weighted by Gasteiger charge is -2.03. The molecule has 0 spiro atoms. The highest BCUT2D eigenvalue weighted by Crippen LogP contribution is 1.99. The number of imidazole rings is 1. The first-order valence-corrected chi connectivity index (χ1v) is 3.33. The van der Waals surface area contributed by atoms with Crippen LogP contribution in [0, 0.1) is 0 Å². The van der Waals surface area contributed by atoms with Gasteiger partial charge in [-0.3, -0.25) is 0 Å². The fourth-order valence-electron chi connectivity index (χ4n) is 0.884. The van der Waals surface area contributed by atoms with E-state index < -0.39 is 0 Å². The molecule has 0 unspecified atom stereocenters. The number of aliphatic hydroxyl groups is 1. The molecule has 0 saturated heterocycles. The molecular weight excluding hydrogens is 128 g/mol. The average molecular weight is 140 g/mol. The van der Waals surface area contributed by atoms with E-state index in [4.69, 9.17) is 5.11 Å². The molecule has 1 atom stereocenters. The lowest BCUT2D eigenvalue weighted by atomic mass is 10.2.